The summed E-state index contributed by atoms with van der Waals surface area (Å²) < 4.78 is 27.3. The Morgan fingerprint density at radius 2 is 2.13 bits per heavy atom. The zero-order chi connectivity index (χ0) is 16.4. The van der Waals surface area contributed by atoms with Gasteiger partial charge in [-0.3, -0.25) is 4.79 Å². The van der Waals surface area contributed by atoms with Crippen LogP contribution in [0.5, 0.6) is 0 Å². The van der Waals surface area contributed by atoms with Crippen LogP contribution >= 0.6 is 23.1 Å². The summed E-state index contributed by atoms with van der Waals surface area (Å²) in [5.74, 6) is -1.56. The van der Waals surface area contributed by atoms with E-state index in [4.69, 9.17) is 0 Å². The fourth-order valence-corrected chi connectivity index (χ4v) is 3.71. The number of thiazole rings is 1. The number of aromatic nitrogens is 1. The van der Waals surface area contributed by atoms with Gasteiger partial charge in [-0.25, -0.2) is 13.8 Å². The van der Waals surface area contributed by atoms with Crippen molar-refractivity contribution in [3.05, 3.63) is 53.6 Å². The van der Waals surface area contributed by atoms with E-state index in [1.54, 1.807) is 0 Å². The molecule has 0 aliphatic heterocycles. The number of carbonyl (C=O) groups is 1. The molecule has 0 atom stereocenters. The predicted molar refractivity (Wildman–Crippen MR) is 90.1 cm³/mol. The van der Waals surface area contributed by atoms with E-state index in [1.807, 2.05) is 25.1 Å². The fraction of sp³-hybridized carbons (Fsp3) is 0.125. The van der Waals surface area contributed by atoms with Crippen molar-refractivity contribution in [1.82, 2.24) is 4.98 Å². The molecule has 1 aromatic heterocycles. The number of anilines is 1. The first-order chi connectivity index (χ1) is 11.0. The minimum atomic E-state index is -0.668. The summed E-state index contributed by atoms with van der Waals surface area (Å²) in [6.07, 6.45) is 0. The first-order valence-electron chi connectivity index (χ1n) is 6.77. The fourth-order valence-electron chi connectivity index (χ4n) is 2.03. The van der Waals surface area contributed by atoms with Crippen LogP contribution in [0.15, 0.2) is 41.3 Å². The van der Waals surface area contributed by atoms with Crippen LogP contribution in [-0.4, -0.2) is 16.6 Å². The quantitative estimate of drug-likeness (QED) is 0.699. The Morgan fingerprint density at radius 1 is 1.30 bits per heavy atom. The first kappa shape index (κ1) is 15.9. The van der Waals surface area contributed by atoms with E-state index in [-0.39, 0.29) is 16.6 Å². The average molecular weight is 350 g/mol. The van der Waals surface area contributed by atoms with E-state index in [2.05, 4.69) is 10.3 Å². The van der Waals surface area contributed by atoms with E-state index in [9.17, 15) is 13.6 Å². The number of nitrogens with zero attached hydrogens (tertiary/aromatic N) is 1. The lowest BCUT2D eigenvalue weighted by Gasteiger charge is -2.03. The number of benzene rings is 2. The molecule has 1 heterocycles. The van der Waals surface area contributed by atoms with Crippen LogP contribution in [-0.2, 0) is 4.79 Å². The normalized spacial score (nSPS) is 10.9. The van der Waals surface area contributed by atoms with Crippen molar-refractivity contribution in [2.45, 2.75) is 11.8 Å². The lowest BCUT2D eigenvalue weighted by molar-refractivity contribution is -0.113. The Hall–Kier alpha value is -1.99. The second-order valence-corrected chi connectivity index (χ2v) is 6.90. The molecule has 0 aliphatic carbocycles. The van der Waals surface area contributed by atoms with Crippen molar-refractivity contribution >= 4 is 44.4 Å². The van der Waals surface area contributed by atoms with Gasteiger partial charge in [0.15, 0.2) is 5.13 Å². The van der Waals surface area contributed by atoms with Crippen molar-refractivity contribution in [2.24, 2.45) is 0 Å². The third-order valence-corrected chi connectivity index (χ3v) is 5.10. The summed E-state index contributed by atoms with van der Waals surface area (Å²) in [5, 5.41) is 3.22. The molecule has 0 aliphatic rings. The minimum absolute atomic E-state index is 0.0253. The zero-order valence-corrected chi connectivity index (χ0v) is 13.7. The number of halogens is 2. The van der Waals surface area contributed by atoms with Crippen molar-refractivity contribution in [2.75, 3.05) is 11.1 Å². The highest BCUT2D eigenvalue weighted by molar-refractivity contribution is 8.00. The Morgan fingerprint density at radius 3 is 2.87 bits per heavy atom. The summed E-state index contributed by atoms with van der Waals surface area (Å²) in [7, 11) is 0. The molecule has 2 aromatic carbocycles. The number of para-hydroxylation sites is 1. The second-order valence-electron chi connectivity index (χ2n) is 4.85. The molecular formula is C16H12F2N2OS2. The minimum Gasteiger partial charge on any atom is -0.301 e. The SMILES string of the molecule is Cc1cccc2sc(NC(=O)CSc3ccc(F)cc3F)nc12. The van der Waals surface area contributed by atoms with E-state index in [1.165, 1.54) is 23.5 Å². The number of hydrogen-bond donors (Lipinski definition) is 1. The van der Waals surface area contributed by atoms with Gasteiger partial charge in [0.05, 0.1) is 16.0 Å². The Balaban J connectivity index is 1.65. The number of carbonyl (C=O) groups excluding carboxylic acids is 1. The lowest BCUT2D eigenvalue weighted by Crippen LogP contribution is -2.13. The van der Waals surface area contributed by atoms with Gasteiger partial charge in [0.2, 0.25) is 5.91 Å². The van der Waals surface area contributed by atoms with Crippen LogP contribution in [0.4, 0.5) is 13.9 Å². The number of thioether (sulfide) groups is 1. The van der Waals surface area contributed by atoms with E-state index in [0.29, 0.717) is 5.13 Å². The maximum absolute atomic E-state index is 13.5. The zero-order valence-electron chi connectivity index (χ0n) is 12.1. The van der Waals surface area contributed by atoms with Gasteiger partial charge in [0.25, 0.3) is 0 Å². The molecule has 0 spiro atoms. The maximum atomic E-state index is 13.5. The highest BCUT2D eigenvalue weighted by Gasteiger charge is 2.11. The molecule has 23 heavy (non-hydrogen) atoms. The van der Waals surface area contributed by atoms with Gasteiger partial charge in [-0.05, 0) is 30.7 Å². The topological polar surface area (TPSA) is 42.0 Å². The number of hydrogen-bond acceptors (Lipinski definition) is 4. The molecule has 0 bridgehead atoms. The van der Waals surface area contributed by atoms with E-state index >= 15 is 0 Å². The molecule has 0 unspecified atom stereocenters. The van der Waals surface area contributed by atoms with Crippen LogP contribution in [0.3, 0.4) is 0 Å². The number of amides is 1. The highest BCUT2D eigenvalue weighted by atomic mass is 32.2. The van der Waals surface area contributed by atoms with Crippen LogP contribution in [0.1, 0.15) is 5.56 Å². The number of rotatable bonds is 4. The standard InChI is InChI=1S/C16H12F2N2OS2/c1-9-3-2-4-13-15(9)20-16(23-13)19-14(21)8-22-12-6-5-10(17)7-11(12)18/h2-7H,8H2,1H3,(H,19,20,21). The lowest BCUT2D eigenvalue weighted by atomic mass is 10.2. The summed E-state index contributed by atoms with van der Waals surface area (Å²) in [4.78, 5) is 16.6. The maximum Gasteiger partial charge on any atom is 0.236 e. The van der Waals surface area contributed by atoms with Crippen molar-refractivity contribution in [3.8, 4) is 0 Å². The first-order valence-corrected chi connectivity index (χ1v) is 8.57. The van der Waals surface area contributed by atoms with Crippen molar-refractivity contribution < 1.29 is 13.6 Å². The van der Waals surface area contributed by atoms with Gasteiger partial charge in [0, 0.05) is 11.0 Å². The van der Waals surface area contributed by atoms with Gasteiger partial charge >= 0.3 is 0 Å². The van der Waals surface area contributed by atoms with Crippen LogP contribution in [0, 0.1) is 18.6 Å². The second kappa shape index (κ2) is 6.64. The third kappa shape index (κ3) is 3.68. The summed E-state index contributed by atoms with van der Waals surface area (Å²) >= 11 is 2.41. The van der Waals surface area contributed by atoms with E-state index < -0.39 is 11.6 Å². The van der Waals surface area contributed by atoms with Crippen LogP contribution in [0.2, 0.25) is 0 Å². The Labute approximate surface area is 139 Å². The number of fused-ring (bicyclic) bond motifs is 1. The van der Waals surface area contributed by atoms with Crippen molar-refractivity contribution in [1.29, 1.82) is 0 Å². The summed E-state index contributed by atoms with van der Waals surface area (Å²) in [6.45, 7) is 1.96. The molecule has 0 saturated heterocycles. The largest absolute Gasteiger partial charge is 0.301 e. The van der Waals surface area contributed by atoms with Crippen LogP contribution in [0.25, 0.3) is 10.2 Å². The van der Waals surface area contributed by atoms with E-state index in [0.717, 1.165) is 33.6 Å². The Bertz CT molecular complexity index is 880. The molecule has 3 rings (SSSR count). The highest BCUT2D eigenvalue weighted by Crippen LogP contribution is 2.28. The molecular weight excluding hydrogens is 338 g/mol. The summed E-state index contributed by atoms with van der Waals surface area (Å²) in [6, 6.07) is 9.13. The molecule has 7 heteroatoms. The average Bonchev–Trinajstić information content (AvgIpc) is 2.90. The molecule has 3 nitrogen and oxygen atoms in total. The van der Waals surface area contributed by atoms with Gasteiger partial charge in [-0.2, -0.15) is 0 Å². The monoisotopic (exact) mass is 350 g/mol. The van der Waals surface area contributed by atoms with Crippen molar-refractivity contribution in [3.63, 3.8) is 0 Å². The third-order valence-electron chi connectivity index (χ3n) is 3.12. The molecule has 118 valence electrons. The molecule has 1 amide bonds. The molecule has 0 fully saturated rings. The summed E-state index contributed by atoms with van der Waals surface area (Å²) in [5.41, 5.74) is 1.91. The number of aryl methyl sites for hydroxylation is 1. The predicted octanol–water partition coefficient (Wildman–Crippen LogP) is 4.61. The van der Waals surface area contributed by atoms with Gasteiger partial charge in [-0.1, -0.05) is 23.5 Å². The van der Waals surface area contributed by atoms with Crippen LogP contribution < -0.4 is 5.32 Å². The molecule has 3 aromatic rings. The molecule has 0 saturated carbocycles. The molecule has 0 radical (unpaired) electrons. The molecule has 1 N–H and O–H groups in total. The smallest absolute Gasteiger partial charge is 0.236 e. The van der Waals surface area contributed by atoms with Gasteiger partial charge in [0.1, 0.15) is 11.6 Å². The van der Waals surface area contributed by atoms with Gasteiger partial charge in [-0.15, -0.1) is 11.8 Å². The van der Waals surface area contributed by atoms with Gasteiger partial charge < -0.3 is 5.32 Å². The Kier molecular flexibility index (Phi) is 4.58. The number of nitrogens with one attached hydrogen (secondary N) is 1.